The van der Waals surface area contributed by atoms with Crippen molar-refractivity contribution >= 4 is 11.8 Å². The van der Waals surface area contributed by atoms with Crippen molar-refractivity contribution in [3.05, 3.63) is 0 Å². The lowest BCUT2D eigenvalue weighted by Gasteiger charge is -2.45. The third kappa shape index (κ3) is 2.98. The van der Waals surface area contributed by atoms with Crippen molar-refractivity contribution in [3.8, 4) is 0 Å². The third-order valence-electron chi connectivity index (χ3n) is 5.70. The molecule has 3 aliphatic rings. The molecule has 1 aliphatic carbocycles. The third-order valence-corrected chi connectivity index (χ3v) is 6.92. The largest absolute Gasteiger partial charge is 0.390 e. The minimum Gasteiger partial charge on any atom is -0.390 e. The first-order valence-electron chi connectivity index (χ1n) is 8.06. The van der Waals surface area contributed by atoms with Gasteiger partial charge in [0.2, 0.25) is 0 Å². The van der Waals surface area contributed by atoms with Crippen LogP contribution in [0.5, 0.6) is 0 Å². The Labute approximate surface area is 121 Å². The number of rotatable bonds is 1. The maximum Gasteiger partial charge on any atom is 0.0784 e. The summed E-state index contributed by atoms with van der Waals surface area (Å²) < 4.78 is 6.11. The predicted octanol–water partition coefficient (Wildman–Crippen LogP) is 3.62. The van der Waals surface area contributed by atoms with E-state index < -0.39 is 5.60 Å². The first kappa shape index (κ1) is 14.2. The van der Waals surface area contributed by atoms with Crippen LogP contribution in [0.1, 0.15) is 58.3 Å². The fourth-order valence-electron chi connectivity index (χ4n) is 4.28. The second-order valence-electron chi connectivity index (χ2n) is 7.16. The quantitative estimate of drug-likeness (QED) is 0.746. The molecule has 3 fully saturated rings. The van der Waals surface area contributed by atoms with E-state index in [9.17, 15) is 5.11 Å². The molecule has 3 heteroatoms. The summed E-state index contributed by atoms with van der Waals surface area (Å²) >= 11 is 2.02. The Hall–Kier alpha value is 0.270. The maximum absolute atomic E-state index is 11.2. The monoisotopic (exact) mass is 284 g/mol. The summed E-state index contributed by atoms with van der Waals surface area (Å²) in [5.41, 5.74) is -0.282. The summed E-state index contributed by atoms with van der Waals surface area (Å²) in [4.78, 5) is 0. The van der Waals surface area contributed by atoms with Crippen LogP contribution in [0.3, 0.4) is 0 Å². The van der Waals surface area contributed by atoms with Crippen LogP contribution >= 0.6 is 11.8 Å². The molecule has 0 aromatic heterocycles. The average Bonchev–Trinajstić information content (AvgIpc) is 2.76. The standard InChI is InChI=1S/C16H28O2S/c1-13-3-2-6-16(17,7-4-13)14-5-9-18-15(11-14)8-10-19-12-15/h13-14,17H,2-12H2,1H3. The second kappa shape index (κ2) is 5.57. The summed E-state index contributed by atoms with van der Waals surface area (Å²) in [6.45, 7) is 3.20. The lowest BCUT2D eigenvalue weighted by atomic mass is 9.72. The van der Waals surface area contributed by atoms with Gasteiger partial charge in [-0.15, -0.1) is 0 Å². The van der Waals surface area contributed by atoms with Gasteiger partial charge in [-0.3, -0.25) is 0 Å². The van der Waals surface area contributed by atoms with Crippen LogP contribution in [-0.4, -0.2) is 34.4 Å². The Morgan fingerprint density at radius 2 is 2.05 bits per heavy atom. The molecule has 4 unspecified atom stereocenters. The van der Waals surface area contributed by atoms with Crippen LogP contribution in [0.15, 0.2) is 0 Å². The molecule has 4 atom stereocenters. The molecule has 110 valence electrons. The highest BCUT2D eigenvalue weighted by atomic mass is 32.2. The van der Waals surface area contributed by atoms with E-state index in [0.29, 0.717) is 5.92 Å². The number of thioether (sulfide) groups is 1. The zero-order chi connectivity index (χ0) is 13.3. The number of ether oxygens (including phenoxy) is 1. The Morgan fingerprint density at radius 3 is 2.84 bits per heavy atom. The van der Waals surface area contributed by atoms with Gasteiger partial charge in [-0.2, -0.15) is 11.8 Å². The molecule has 0 aromatic rings. The molecule has 0 radical (unpaired) electrons. The van der Waals surface area contributed by atoms with E-state index in [1.54, 1.807) is 0 Å². The van der Waals surface area contributed by atoms with Crippen molar-refractivity contribution in [2.24, 2.45) is 11.8 Å². The molecule has 0 bridgehead atoms. The fraction of sp³-hybridized carbons (Fsp3) is 1.00. The highest BCUT2D eigenvalue weighted by Gasteiger charge is 2.47. The summed E-state index contributed by atoms with van der Waals surface area (Å²) in [5, 5.41) is 11.2. The van der Waals surface area contributed by atoms with Gasteiger partial charge in [-0.05, 0) is 56.1 Å². The first-order chi connectivity index (χ1) is 9.12. The van der Waals surface area contributed by atoms with E-state index in [1.807, 2.05) is 11.8 Å². The van der Waals surface area contributed by atoms with Gasteiger partial charge in [-0.1, -0.05) is 19.8 Å². The summed E-state index contributed by atoms with van der Waals surface area (Å²) in [6.07, 6.45) is 9.11. The van der Waals surface area contributed by atoms with E-state index in [-0.39, 0.29) is 5.60 Å². The van der Waals surface area contributed by atoms with Crippen molar-refractivity contribution in [1.29, 1.82) is 0 Å². The normalized spacial score (nSPS) is 48.3. The molecule has 0 aromatic carbocycles. The molecule has 1 saturated carbocycles. The summed E-state index contributed by atoms with van der Waals surface area (Å²) in [7, 11) is 0. The van der Waals surface area contributed by atoms with Gasteiger partial charge in [-0.25, -0.2) is 0 Å². The van der Waals surface area contributed by atoms with E-state index in [0.717, 1.165) is 44.0 Å². The zero-order valence-electron chi connectivity index (χ0n) is 12.2. The summed E-state index contributed by atoms with van der Waals surface area (Å²) in [5.74, 6) is 3.66. The van der Waals surface area contributed by atoms with Crippen molar-refractivity contribution in [3.63, 3.8) is 0 Å². The highest BCUT2D eigenvalue weighted by Crippen LogP contribution is 2.47. The molecular weight excluding hydrogens is 256 g/mol. The van der Waals surface area contributed by atoms with Crippen LogP contribution in [0.4, 0.5) is 0 Å². The molecule has 2 nitrogen and oxygen atoms in total. The first-order valence-corrected chi connectivity index (χ1v) is 9.22. The molecule has 3 rings (SSSR count). The minimum absolute atomic E-state index is 0.112. The van der Waals surface area contributed by atoms with Gasteiger partial charge < -0.3 is 9.84 Å². The van der Waals surface area contributed by atoms with Gasteiger partial charge in [0, 0.05) is 12.4 Å². The van der Waals surface area contributed by atoms with Gasteiger partial charge in [0.1, 0.15) is 0 Å². The SMILES string of the molecule is CC1CCCC(O)(C2CCOC3(CCSC3)C2)CC1. The smallest absolute Gasteiger partial charge is 0.0784 e. The van der Waals surface area contributed by atoms with Crippen molar-refractivity contribution < 1.29 is 9.84 Å². The van der Waals surface area contributed by atoms with Crippen LogP contribution in [-0.2, 0) is 4.74 Å². The van der Waals surface area contributed by atoms with Crippen LogP contribution in [0.2, 0.25) is 0 Å². The van der Waals surface area contributed by atoms with Crippen LogP contribution in [0, 0.1) is 11.8 Å². The van der Waals surface area contributed by atoms with Crippen molar-refractivity contribution in [2.75, 3.05) is 18.1 Å². The fourth-order valence-corrected chi connectivity index (χ4v) is 5.66. The molecule has 1 spiro atoms. The Morgan fingerprint density at radius 1 is 1.16 bits per heavy atom. The lowest BCUT2D eigenvalue weighted by molar-refractivity contribution is -0.136. The molecule has 19 heavy (non-hydrogen) atoms. The highest BCUT2D eigenvalue weighted by molar-refractivity contribution is 7.99. The number of hydrogen-bond acceptors (Lipinski definition) is 3. The average molecular weight is 284 g/mol. The number of hydrogen-bond donors (Lipinski definition) is 1. The van der Waals surface area contributed by atoms with E-state index >= 15 is 0 Å². The van der Waals surface area contributed by atoms with Crippen molar-refractivity contribution in [1.82, 2.24) is 0 Å². The summed E-state index contributed by atoms with van der Waals surface area (Å²) in [6, 6.07) is 0. The number of aliphatic hydroxyl groups is 1. The maximum atomic E-state index is 11.2. The molecule has 1 N–H and O–H groups in total. The molecule has 2 aliphatic heterocycles. The van der Waals surface area contributed by atoms with Crippen LogP contribution < -0.4 is 0 Å². The van der Waals surface area contributed by atoms with E-state index in [2.05, 4.69) is 6.92 Å². The van der Waals surface area contributed by atoms with Gasteiger partial charge in [0.25, 0.3) is 0 Å². The van der Waals surface area contributed by atoms with E-state index in [1.165, 1.54) is 31.4 Å². The zero-order valence-corrected chi connectivity index (χ0v) is 13.0. The Kier molecular flexibility index (Phi) is 4.17. The van der Waals surface area contributed by atoms with Crippen LogP contribution in [0.25, 0.3) is 0 Å². The van der Waals surface area contributed by atoms with Crippen molar-refractivity contribution in [2.45, 2.75) is 69.5 Å². The van der Waals surface area contributed by atoms with Gasteiger partial charge >= 0.3 is 0 Å². The second-order valence-corrected chi connectivity index (χ2v) is 8.27. The molecule has 2 heterocycles. The van der Waals surface area contributed by atoms with Gasteiger partial charge in [0.05, 0.1) is 11.2 Å². The minimum atomic E-state index is -0.394. The molecule has 2 saturated heterocycles. The molecule has 0 amide bonds. The Balaban J connectivity index is 1.69. The topological polar surface area (TPSA) is 29.5 Å². The molecular formula is C16H28O2S. The predicted molar refractivity (Wildman–Crippen MR) is 80.5 cm³/mol. The lowest BCUT2D eigenvalue weighted by Crippen LogP contribution is -2.48. The van der Waals surface area contributed by atoms with E-state index in [4.69, 9.17) is 4.74 Å². The Bertz CT molecular complexity index is 314. The van der Waals surface area contributed by atoms with Gasteiger partial charge in [0.15, 0.2) is 0 Å².